The van der Waals surface area contributed by atoms with Gasteiger partial charge in [-0.15, -0.1) is 0 Å². The first kappa shape index (κ1) is 15.5. The highest BCUT2D eigenvalue weighted by atomic mass is 16.7. The van der Waals surface area contributed by atoms with E-state index in [9.17, 15) is 5.11 Å². The van der Waals surface area contributed by atoms with E-state index in [-0.39, 0.29) is 0 Å². The zero-order valence-corrected chi connectivity index (χ0v) is 13.4. The molecule has 1 fully saturated rings. The molecule has 4 nitrogen and oxygen atoms in total. The zero-order valence-electron chi connectivity index (χ0n) is 13.4. The van der Waals surface area contributed by atoms with Crippen molar-refractivity contribution in [3.05, 3.63) is 23.4 Å². The van der Waals surface area contributed by atoms with Gasteiger partial charge in [0, 0.05) is 11.3 Å². The van der Waals surface area contributed by atoms with Crippen LogP contribution in [0.5, 0.6) is 0 Å². The molecule has 1 aliphatic rings. The molecule has 0 atom stereocenters. The fourth-order valence-corrected chi connectivity index (χ4v) is 2.23. The van der Waals surface area contributed by atoms with Crippen molar-refractivity contribution >= 4 is 12.7 Å². The van der Waals surface area contributed by atoms with Gasteiger partial charge in [0.1, 0.15) is 0 Å². The van der Waals surface area contributed by atoms with Crippen molar-refractivity contribution in [3.63, 3.8) is 0 Å². The first-order valence-corrected chi connectivity index (χ1v) is 7.00. The molecule has 20 heavy (non-hydrogen) atoms. The highest BCUT2D eigenvalue weighted by Gasteiger charge is 2.53. The number of hydrogen-bond acceptors (Lipinski definition) is 4. The molecule has 0 radical (unpaired) electrons. The van der Waals surface area contributed by atoms with Gasteiger partial charge in [-0.05, 0) is 54.5 Å². The second kappa shape index (κ2) is 4.55. The smallest absolute Gasteiger partial charge is 0.398 e. The lowest BCUT2D eigenvalue weighted by Crippen LogP contribution is -2.42. The predicted octanol–water partition coefficient (Wildman–Crippen LogP) is 1.92. The fourth-order valence-electron chi connectivity index (χ4n) is 2.23. The van der Waals surface area contributed by atoms with Crippen LogP contribution in [0, 0.1) is 6.92 Å². The molecule has 1 N–H and O–H groups in total. The Labute approximate surface area is 121 Å². The minimum atomic E-state index is -0.986. The number of nitrogens with zero attached hydrogens (tertiary/aromatic N) is 1. The van der Waals surface area contributed by atoms with E-state index < -0.39 is 23.9 Å². The third kappa shape index (κ3) is 2.62. The van der Waals surface area contributed by atoms with Gasteiger partial charge in [-0.3, -0.25) is 4.98 Å². The van der Waals surface area contributed by atoms with E-state index in [1.54, 1.807) is 13.8 Å². The number of hydrogen-bond donors (Lipinski definition) is 1. The molecule has 0 amide bonds. The summed E-state index contributed by atoms with van der Waals surface area (Å²) < 4.78 is 12.1. The van der Waals surface area contributed by atoms with E-state index in [1.807, 2.05) is 46.8 Å². The van der Waals surface area contributed by atoms with Crippen LogP contribution in [0.3, 0.4) is 0 Å². The molecule has 110 valence electrons. The van der Waals surface area contributed by atoms with Crippen molar-refractivity contribution < 1.29 is 14.4 Å². The van der Waals surface area contributed by atoms with Crippen molar-refractivity contribution in [3.8, 4) is 0 Å². The summed E-state index contributed by atoms with van der Waals surface area (Å²) in [5.74, 6) is 0. The highest BCUT2D eigenvalue weighted by molar-refractivity contribution is 6.61. The van der Waals surface area contributed by atoms with Crippen LogP contribution in [0.25, 0.3) is 0 Å². The molecule has 1 aromatic heterocycles. The van der Waals surface area contributed by atoms with Gasteiger partial charge in [0.05, 0.1) is 22.4 Å². The van der Waals surface area contributed by atoms with E-state index in [1.165, 1.54) is 0 Å². The fraction of sp³-hybridized carbons (Fsp3) is 0.667. The Kier molecular flexibility index (Phi) is 3.52. The van der Waals surface area contributed by atoms with Gasteiger partial charge in [-0.25, -0.2) is 0 Å². The maximum Gasteiger partial charge on any atom is 0.514 e. The van der Waals surface area contributed by atoms with Crippen LogP contribution in [0.2, 0.25) is 0 Å². The third-order valence-electron chi connectivity index (χ3n) is 4.20. The molecule has 0 bridgehead atoms. The van der Waals surface area contributed by atoms with Crippen molar-refractivity contribution in [1.29, 1.82) is 0 Å². The average molecular weight is 277 g/mol. The zero-order chi connectivity index (χ0) is 15.3. The molecule has 0 saturated carbocycles. The van der Waals surface area contributed by atoms with Crippen LogP contribution in [0.4, 0.5) is 0 Å². The number of aliphatic hydroxyl groups is 1. The summed E-state index contributed by atoms with van der Waals surface area (Å²) in [7, 11) is -0.554. The van der Waals surface area contributed by atoms with E-state index in [0.29, 0.717) is 5.59 Å². The van der Waals surface area contributed by atoms with E-state index >= 15 is 0 Å². The molecular formula is C15H24BNO3. The normalized spacial score (nSPS) is 21.3. The second-order valence-electron chi connectivity index (χ2n) is 7.03. The molecule has 0 aromatic carbocycles. The molecule has 1 aromatic rings. The molecule has 1 aliphatic heterocycles. The minimum absolute atomic E-state index is 0.417. The summed E-state index contributed by atoms with van der Waals surface area (Å²) in [5, 5.41) is 10.3. The topological polar surface area (TPSA) is 51.6 Å². The molecule has 1 saturated heterocycles. The van der Waals surface area contributed by atoms with Crippen LogP contribution >= 0.6 is 0 Å². The molecular weight excluding hydrogens is 253 g/mol. The monoisotopic (exact) mass is 277 g/mol. The first-order valence-electron chi connectivity index (χ1n) is 7.00. The maximum absolute atomic E-state index is 10.3. The quantitative estimate of drug-likeness (QED) is 0.839. The Balaban J connectivity index is 2.47. The Hall–Kier alpha value is -0.905. The van der Waals surface area contributed by atoms with Crippen molar-refractivity contribution in [2.45, 2.75) is 65.3 Å². The SMILES string of the molecule is Cc1ccc(C(C)(C)O)c(B2OC(C)(C)C(C)(C)O2)n1. The second-order valence-corrected chi connectivity index (χ2v) is 7.03. The Bertz CT molecular complexity index is 504. The first-order chi connectivity index (χ1) is 8.94. The van der Waals surface area contributed by atoms with Crippen LogP contribution in [-0.2, 0) is 14.9 Å². The number of rotatable bonds is 2. The number of aromatic nitrogens is 1. The summed E-state index contributed by atoms with van der Waals surface area (Å²) in [5.41, 5.74) is 0.458. The molecule has 0 unspecified atom stereocenters. The standard InChI is InChI=1S/C15H24BNO3/c1-10-8-9-11(13(2,3)18)12(17-10)16-19-14(4,5)15(6,7)20-16/h8-9,18H,1-7H3. The largest absolute Gasteiger partial charge is 0.514 e. The summed E-state index contributed by atoms with van der Waals surface area (Å²) in [6.07, 6.45) is 0. The molecule has 2 heterocycles. The minimum Gasteiger partial charge on any atom is -0.398 e. The van der Waals surface area contributed by atoms with Gasteiger partial charge < -0.3 is 14.4 Å². The van der Waals surface area contributed by atoms with Gasteiger partial charge in [0.2, 0.25) is 0 Å². The van der Waals surface area contributed by atoms with Crippen molar-refractivity contribution in [2.24, 2.45) is 0 Å². The van der Waals surface area contributed by atoms with Gasteiger partial charge in [-0.2, -0.15) is 0 Å². The maximum atomic E-state index is 10.3. The summed E-state index contributed by atoms with van der Waals surface area (Å²) in [6, 6.07) is 3.78. The van der Waals surface area contributed by atoms with Gasteiger partial charge in [0.15, 0.2) is 0 Å². The lowest BCUT2D eigenvalue weighted by Gasteiger charge is -2.32. The highest BCUT2D eigenvalue weighted by Crippen LogP contribution is 2.37. The number of pyridine rings is 1. The van der Waals surface area contributed by atoms with Crippen LogP contribution < -0.4 is 5.59 Å². The third-order valence-corrected chi connectivity index (χ3v) is 4.20. The van der Waals surface area contributed by atoms with Gasteiger partial charge >= 0.3 is 7.12 Å². The Morgan fingerprint density at radius 1 is 1.10 bits per heavy atom. The average Bonchev–Trinajstić information content (AvgIpc) is 2.46. The van der Waals surface area contributed by atoms with Crippen LogP contribution in [0.15, 0.2) is 12.1 Å². The summed E-state index contributed by atoms with van der Waals surface area (Å²) in [4.78, 5) is 4.54. The van der Waals surface area contributed by atoms with Crippen LogP contribution in [-0.4, -0.2) is 28.4 Å². The Morgan fingerprint density at radius 2 is 1.60 bits per heavy atom. The molecule has 5 heteroatoms. The van der Waals surface area contributed by atoms with Crippen molar-refractivity contribution in [2.75, 3.05) is 0 Å². The molecule has 0 spiro atoms. The van der Waals surface area contributed by atoms with E-state index in [2.05, 4.69) is 4.98 Å². The predicted molar refractivity (Wildman–Crippen MR) is 79.9 cm³/mol. The molecule has 2 rings (SSSR count). The summed E-state index contributed by atoms with van der Waals surface area (Å²) >= 11 is 0. The van der Waals surface area contributed by atoms with E-state index in [0.717, 1.165) is 11.3 Å². The lowest BCUT2D eigenvalue weighted by molar-refractivity contribution is 0.00578. The van der Waals surface area contributed by atoms with Gasteiger partial charge in [-0.1, -0.05) is 6.07 Å². The molecule has 0 aliphatic carbocycles. The number of aryl methyl sites for hydroxylation is 1. The summed E-state index contributed by atoms with van der Waals surface area (Å²) in [6.45, 7) is 13.4. The van der Waals surface area contributed by atoms with Crippen molar-refractivity contribution in [1.82, 2.24) is 4.98 Å². The Morgan fingerprint density at radius 3 is 2.05 bits per heavy atom. The lowest BCUT2D eigenvalue weighted by atomic mass is 9.76. The van der Waals surface area contributed by atoms with Gasteiger partial charge in [0.25, 0.3) is 0 Å². The van der Waals surface area contributed by atoms with Crippen LogP contribution in [0.1, 0.15) is 52.8 Å². The van der Waals surface area contributed by atoms with E-state index in [4.69, 9.17) is 9.31 Å².